The van der Waals surface area contributed by atoms with E-state index in [4.69, 9.17) is 9.47 Å². The van der Waals surface area contributed by atoms with Crippen molar-refractivity contribution in [3.63, 3.8) is 0 Å². The number of benzene rings is 2. The first-order chi connectivity index (χ1) is 14.6. The highest BCUT2D eigenvalue weighted by molar-refractivity contribution is 7.99. The number of ether oxygens (including phenoxy) is 2. The van der Waals surface area contributed by atoms with Gasteiger partial charge in [0.1, 0.15) is 18.9 Å². The molecule has 0 fully saturated rings. The van der Waals surface area contributed by atoms with E-state index < -0.39 is 5.82 Å². The van der Waals surface area contributed by atoms with Gasteiger partial charge in [0.15, 0.2) is 23.2 Å². The zero-order valence-corrected chi connectivity index (χ0v) is 16.8. The number of ketones is 1. The van der Waals surface area contributed by atoms with Gasteiger partial charge in [0.25, 0.3) is 5.91 Å². The highest BCUT2D eigenvalue weighted by Crippen LogP contribution is 2.25. The van der Waals surface area contributed by atoms with Crippen LogP contribution in [0.25, 0.3) is 0 Å². The van der Waals surface area contributed by atoms with Gasteiger partial charge in [0.2, 0.25) is 5.16 Å². The first-order valence-corrected chi connectivity index (χ1v) is 9.97. The number of carbonyl (C=O) groups is 2. The number of thioether (sulfide) groups is 1. The summed E-state index contributed by atoms with van der Waals surface area (Å²) in [5, 5.41) is 9.86. The molecule has 2 heterocycles. The van der Waals surface area contributed by atoms with Gasteiger partial charge < -0.3 is 9.47 Å². The molecule has 2 aromatic carbocycles. The molecule has 30 heavy (non-hydrogen) atoms. The first kappa shape index (κ1) is 19.9. The SMILES string of the molecule is COc1cccc(C(=O)CN2C(=O)CSc3nnc(COc4ccccc4F)n32)c1. The minimum Gasteiger partial charge on any atom is -0.497 e. The second-order valence-electron chi connectivity index (χ2n) is 6.32. The Kier molecular flexibility index (Phi) is 5.66. The van der Waals surface area contributed by atoms with E-state index >= 15 is 0 Å². The molecular weight excluding hydrogens is 411 g/mol. The third-order valence-corrected chi connectivity index (χ3v) is 5.31. The summed E-state index contributed by atoms with van der Waals surface area (Å²) in [6, 6.07) is 12.7. The smallest absolute Gasteiger partial charge is 0.252 e. The Morgan fingerprint density at radius 1 is 1.20 bits per heavy atom. The van der Waals surface area contributed by atoms with Gasteiger partial charge in [-0.1, -0.05) is 36.0 Å². The topological polar surface area (TPSA) is 86.6 Å². The molecule has 10 heteroatoms. The fraction of sp³-hybridized carbons (Fsp3) is 0.200. The van der Waals surface area contributed by atoms with Gasteiger partial charge in [0.05, 0.1) is 12.9 Å². The van der Waals surface area contributed by atoms with Gasteiger partial charge in [-0.2, -0.15) is 0 Å². The molecule has 0 aliphatic carbocycles. The Labute approximate surface area is 175 Å². The summed E-state index contributed by atoms with van der Waals surface area (Å²) >= 11 is 1.21. The molecule has 1 aromatic heterocycles. The quantitative estimate of drug-likeness (QED) is 0.534. The molecule has 0 N–H and O–H groups in total. The minimum atomic E-state index is -0.508. The molecule has 0 bridgehead atoms. The maximum Gasteiger partial charge on any atom is 0.252 e. The van der Waals surface area contributed by atoms with Crippen LogP contribution in [0.3, 0.4) is 0 Å². The summed E-state index contributed by atoms with van der Waals surface area (Å²) in [7, 11) is 1.51. The second-order valence-corrected chi connectivity index (χ2v) is 7.27. The van der Waals surface area contributed by atoms with E-state index in [0.29, 0.717) is 16.5 Å². The largest absolute Gasteiger partial charge is 0.497 e. The van der Waals surface area contributed by atoms with E-state index in [2.05, 4.69) is 10.2 Å². The van der Waals surface area contributed by atoms with E-state index in [0.717, 1.165) is 0 Å². The lowest BCUT2D eigenvalue weighted by atomic mass is 10.1. The molecule has 4 rings (SSSR count). The van der Waals surface area contributed by atoms with Crippen LogP contribution in [0.15, 0.2) is 53.7 Å². The molecule has 1 amide bonds. The van der Waals surface area contributed by atoms with Crippen molar-refractivity contribution in [2.45, 2.75) is 11.8 Å². The summed E-state index contributed by atoms with van der Waals surface area (Å²) in [5.74, 6) is -0.0180. The number of hydrogen-bond donors (Lipinski definition) is 0. The van der Waals surface area contributed by atoms with Gasteiger partial charge in [-0.25, -0.2) is 14.1 Å². The average Bonchev–Trinajstić information content (AvgIpc) is 3.18. The standard InChI is InChI=1S/C20H17FN4O4S/c1-28-14-6-4-5-13(9-14)16(26)10-24-19(27)12-30-20-23-22-18(25(20)24)11-29-17-8-3-2-7-15(17)21/h2-9H,10-12H2,1H3. The summed E-state index contributed by atoms with van der Waals surface area (Å²) in [5.41, 5.74) is 0.416. The molecule has 0 unspecified atom stereocenters. The molecule has 0 saturated carbocycles. The average molecular weight is 428 g/mol. The van der Waals surface area contributed by atoms with Crippen LogP contribution in [0, 0.1) is 5.82 Å². The van der Waals surface area contributed by atoms with Gasteiger partial charge >= 0.3 is 0 Å². The van der Waals surface area contributed by atoms with Gasteiger partial charge in [-0.3, -0.25) is 9.59 Å². The van der Waals surface area contributed by atoms with Crippen molar-refractivity contribution in [3.05, 3.63) is 65.7 Å². The third-order valence-electron chi connectivity index (χ3n) is 4.41. The lowest BCUT2D eigenvalue weighted by Crippen LogP contribution is -2.48. The monoisotopic (exact) mass is 428 g/mol. The summed E-state index contributed by atoms with van der Waals surface area (Å²) in [6.45, 7) is -0.323. The number of amides is 1. The Hall–Kier alpha value is -3.40. The normalized spacial score (nSPS) is 13.1. The number of rotatable bonds is 7. The van der Waals surface area contributed by atoms with Crippen molar-refractivity contribution in [2.24, 2.45) is 0 Å². The molecule has 0 atom stereocenters. The second kappa shape index (κ2) is 8.54. The Balaban J connectivity index is 1.57. The van der Waals surface area contributed by atoms with Gasteiger partial charge in [-0.15, -0.1) is 10.2 Å². The summed E-state index contributed by atoms with van der Waals surface area (Å²) in [4.78, 5) is 25.4. The highest BCUT2D eigenvalue weighted by atomic mass is 32.2. The molecule has 1 aliphatic heterocycles. The number of Topliss-reactive ketones (excluding diaryl/α,β-unsaturated/α-hetero) is 1. The van der Waals surface area contributed by atoms with Crippen LogP contribution in [-0.2, 0) is 11.4 Å². The van der Waals surface area contributed by atoms with E-state index in [1.54, 1.807) is 36.4 Å². The molecular formula is C20H17FN4O4S. The van der Waals surface area contributed by atoms with Crippen molar-refractivity contribution in [2.75, 3.05) is 24.4 Å². The van der Waals surface area contributed by atoms with Crippen LogP contribution >= 0.6 is 11.8 Å². The maximum absolute atomic E-state index is 13.8. The molecule has 8 nitrogen and oxygen atoms in total. The van der Waals surface area contributed by atoms with Crippen molar-refractivity contribution in [3.8, 4) is 11.5 Å². The Bertz CT molecular complexity index is 1100. The molecule has 0 spiro atoms. The first-order valence-electron chi connectivity index (χ1n) is 8.99. The fourth-order valence-corrected chi connectivity index (χ4v) is 3.74. The lowest BCUT2D eigenvalue weighted by Gasteiger charge is -2.28. The van der Waals surface area contributed by atoms with Crippen LogP contribution in [0.4, 0.5) is 4.39 Å². The number of methoxy groups -OCH3 is 1. The number of fused-ring (bicyclic) bond motifs is 1. The zero-order valence-electron chi connectivity index (χ0n) is 15.9. The number of carbonyl (C=O) groups excluding carboxylic acids is 2. The fourth-order valence-electron chi connectivity index (χ4n) is 2.92. The number of para-hydroxylation sites is 1. The van der Waals surface area contributed by atoms with Gasteiger partial charge in [0, 0.05) is 5.56 Å². The van der Waals surface area contributed by atoms with E-state index in [9.17, 15) is 14.0 Å². The number of hydrogen-bond acceptors (Lipinski definition) is 7. The predicted molar refractivity (Wildman–Crippen MR) is 107 cm³/mol. The zero-order chi connectivity index (χ0) is 21.1. The number of halogens is 1. The van der Waals surface area contributed by atoms with Gasteiger partial charge in [-0.05, 0) is 24.3 Å². The lowest BCUT2D eigenvalue weighted by molar-refractivity contribution is -0.118. The molecule has 3 aromatic rings. The predicted octanol–water partition coefficient (Wildman–Crippen LogP) is 2.46. The van der Waals surface area contributed by atoms with E-state index in [1.165, 1.54) is 40.7 Å². The minimum absolute atomic E-state index is 0.0589. The van der Waals surface area contributed by atoms with Crippen LogP contribution in [0.2, 0.25) is 0 Å². The Morgan fingerprint density at radius 3 is 2.83 bits per heavy atom. The van der Waals surface area contributed by atoms with Crippen LogP contribution in [0.5, 0.6) is 11.5 Å². The summed E-state index contributed by atoms with van der Waals surface area (Å²) in [6.07, 6.45) is 0. The maximum atomic E-state index is 13.8. The number of aromatic nitrogens is 3. The van der Waals surface area contributed by atoms with Crippen LogP contribution < -0.4 is 14.5 Å². The van der Waals surface area contributed by atoms with Crippen LogP contribution in [0.1, 0.15) is 16.2 Å². The molecule has 0 saturated heterocycles. The van der Waals surface area contributed by atoms with Crippen molar-refractivity contribution < 1.29 is 23.5 Å². The third kappa shape index (κ3) is 3.99. The molecule has 1 aliphatic rings. The van der Waals surface area contributed by atoms with Crippen molar-refractivity contribution >= 4 is 23.5 Å². The van der Waals surface area contributed by atoms with Crippen molar-refractivity contribution in [1.29, 1.82) is 0 Å². The molecule has 0 radical (unpaired) electrons. The van der Waals surface area contributed by atoms with E-state index in [-0.39, 0.29) is 42.2 Å². The van der Waals surface area contributed by atoms with E-state index in [1.807, 2.05) is 0 Å². The highest BCUT2D eigenvalue weighted by Gasteiger charge is 2.31. The van der Waals surface area contributed by atoms with Crippen molar-refractivity contribution in [1.82, 2.24) is 14.9 Å². The van der Waals surface area contributed by atoms with Crippen LogP contribution in [-0.4, -0.2) is 46.0 Å². The summed E-state index contributed by atoms with van der Waals surface area (Å²) < 4.78 is 25.9. The number of nitrogens with zero attached hydrogens (tertiary/aromatic N) is 4. The Morgan fingerprint density at radius 2 is 2.03 bits per heavy atom. The molecule has 154 valence electrons.